The topological polar surface area (TPSA) is 89.5 Å². The fourth-order valence-electron chi connectivity index (χ4n) is 2.78. The summed E-state index contributed by atoms with van der Waals surface area (Å²) in [5.74, 6) is 0. The lowest BCUT2D eigenvalue weighted by Crippen LogP contribution is -2.68. The van der Waals surface area contributed by atoms with E-state index in [0.717, 1.165) is 0 Å². The lowest BCUT2D eigenvalue weighted by Gasteiger charge is -2.44. The molecule has 2 rings (SSSR count). The smallest absolute Gasteiger partial charge is 0.261 e. The number of piperidine rings is 1. The van der Waals surface area contributed by atoms with Crippen molar-refractivity contribution in [1.82, 2.24) is 4.90 Å². The minimum atomic E-state index is -1.46. The molecule has 0 saturated carbocycles. The first-order valence-electron chi connectivity index (χ1n) is 5.13. The molecule has 0 aromatic rings. The molecule has 0 spiro atoms. The van der Waals surface area contributed by atoms with Crippen LogP contribution >= 0.6 is 11.6 Å². The van der Waals surface area contributed by atoms with Gasteiger partial charge in [-0.05, 0) is 13.1 Å². The van der Waals surface area contributed by atoms with Crippen molar-refractivity contribution in [3.05, 3.63) is 32.4 Å². The number of likely N-dealkylation sites (tertiary alicyclic amines) is 1. The summed E-state index contributed by atoms with van der Waals surface area (Å²) >= 11 is 5.99. The van der Waals surface area contributed by atoms with Gasteiger partial charge in [0.2, 0.25) is 0 Å². The minimum Gasteiger partial charge on any atom is -0.292 e. The minimum absolute atomic E-state index is 0.133. The van der Waals surface area contributed by atoms with Crippen molar-refractivity contribution >= 4 is 11.6 Å². The molecule has 94 valence electrons. The maximum absolute atomic E-state index is 11.2. The van der Waals surface area contributed by atoms with E-state index in [1.807, 2.05) is 0 Å². The van der Waals surface area contributed by atoms with E-state index >= 15 is 0 Å². The number of nitro groups is 2. The van der Waals surface area contributed by atoms with Gasteiger partial charge in [0.1, 0.15) is 5.38 Å². The number of rotatable bonds is 2. The summed E-state index contributed by atoms with van der Waals surface area (Å²) in [6, 6.07) is 0. The van der Waals surface area contributed by atoms with Crippen LogP contribution < -0.4 is 0 Å². The van der Waals surface area contributed by atoms with Crippen molar-refractivity contribution in [3.63, 3.8) is 0 Å². The van der Waals surface area contributed by atoms with Gasteiger partial charge in [0, 0.05) is 9.85 Å². The highest BCUT2D eigenvalue weighted by molar-refractivity contribution is 6.22. The third-order valence-corrected chi connectivity index (χ3v) is 4.07. The van der Waals surface area contributed by atoms with Crippen molar-refractivity contribution in [2.24, 2.45) is 0 Å². The summed E-state index contributed by atoms with van der Waals surface area (Å²) in [6.07, 6.45) is 2.65. The van der Waals surface area contributed by atoms with Gasteiger partial charge in [0.05, 0.1) is 19.5 Å². The molecule has 0 amide bonds. The number of likely N-dealkylation sites (N-methyl/N-ethyl adjacent to an activating group) is 1. The van der Waals surface area contributed by atoms with Gasteiger partial charge in [-0.25, -0.2) is 0 Å². The molecule has 8 heteroatoms. The van der Waals surface area contributed by atoms with Gasteiger partial charge in [0.25, 0.3) is 11.1 Å². The van der Waals surface area contributed by atoms with Gasteiger partial charge in [-0.2, -0.15) is 0 Å². The molecule has 0 N–H and O–H groups in total. The van der Waals surface area contributed by atoms with Gasteiger partial charge in [0.15, 0.2) is 0 Å². The summed E-state index contributed by atoms with van der Waals surface area (Å²) in [7, 11) is 1.64. The Morgan fingerprint density at radius 3 is 2.53 bits per heavy atom. The lowest BCUT2D eigenvalue weighted by molar-refractivity contribution is -0.618. The summed E-state index contributed by atoms with van der Waals surface area (Å²) in [4.78, 5) is 23.1. The zero-order chi connectivity index (χ0) is 12.8. The molecule has 1 fully saturated rings. The predicted octanol–water partition coefficient (Wildman–Crippen LogP) is 0.530. The SMILES string of the molecule is CN1C[C@@]2([N+](=O)[O-])C=CC(Cl)[C@@]([N+](=O)[O-])(C1)C2. The highest BCUT2D eigenvalue weighted by atomic mass is 35.5. The first-order valence-corrected chi connectivity index (χ1v) is 5.57. The van der Waals surface area contributed by atoms with E-state index in [4.69, 9.17) is 11.6 Å². The molecule has 1 aliphatic carbocycles. The fourth-order valence-corrected chi connectivity index (χ4v) is 3.08. The maximum Gasteiger partial charge on any atom is 0.261 e. The molecular formula is C9H12ClN3O4. The van der Waals surface area contributed by atoms with Crippen LogP contribution in [0.2, 0.25) is 0 Å². The molecule has 1 aliphatic heterocycles. The quantitative estimate of drug-likeness (QED) is 0.313. The average molecular weight is 262 g/mol. The maximum atomic E-state index is 11.2. The van der Waals surface area contributed by atoms with Crippen LogP contribution in [0.15, 0.2) is 12.2 Å². The van der Waals surface area contributed by atoms with Crippen LogP contribution in [0.5, 0.6) is 0 Å². The molecule has 0 aromatic heterocycles. The first-order chi connectivity index (χ1) is 7.82. The Labute approximate surface area is 102 Å². The van der Waals surface area contributed by atoms with E-state index in [1.165, 1.54) is 12.2 Å². The Hall–Kier alpha value is -1.21. The monoisotopic (exact) mass is 261 g/mol. The Kier molecular flexibility index (Phi) is 2.62. The van der Waals surface area contributed by atoms with E-state index in [2.05, 4.69) is 0 Å². The van der Waals surface area contributed by atoms with E-state index in [9.17, 15) is 20.2 Å². The number of halogens is 1. The van der Waals surface area contributed by atoms with Crippen LogP contribution in [0, 0.1) is 20.2 Å². The van der Waals surface area contributed by atoms with E-state index in [0.29, 0.717) is 0 Å². The summed E-state index contributed by atoms with van der Waals surface area (Å²) in [6.45, 7) is 0.309. The van der Waals surface area contributed by atoms with Gasteiger partial charge < -0.3 is 0 Å². The fraction of sp³-hybridized carbons (Fsp3) is 0.778. The molecule has 1 heterocycles. The lowest BCUT2D eigenvalue weighted by atomic mass is 9.72. The van der Waals surface area contributed by atoms with Crippen molar-refractivity contribution in [2.75, 3.05) is 20.1 Å². The second-order valence-corrected chi connectivity index (χ2v) is 5.30. The third-order valence-electron chi connectivity index (χ3n) is 3.52. The molecule has 1 unspecified atom stereocenters. The van der Waals surface area contributed by atoms with Crippen LogP contribution in [-0.2, 0) is 0 Å². The molecule has 1 saturated heterocycles. The predicted molar refractivity (Wildman–Crippen MR) is 60.3 cm³/mol. The zero-order valence-electron chi connectivity index (χ0n) is 9.21. The van der Waals surface area contributed by atoms with Gasteiger partial charge >= 0.3 is 0 Å². The van der Waals surface area contributed by atoms with Crippen LogP contribution in [0.25, 0.3) is 0 Å². The molecule has 7 nitrogen and oxygen atoms in total. The van der Waals surface area contributed by atoms with Gasteiger partial charge in [-0.1, -0.05) is 6.08 Å². The van der Waals surface area contributed by atoms with E-state index < -0.39 is 26.3 Å². The molecule has 0 aromatic carbocycles. The highest BCUT2D eigenvalue weighted by Crippen LogP contribution is 2.42. The van der Waals surface area contributed by atoms with E-state index in [-0.39, 0.29) is 19.5 Å². The number of fused-ring (bicyclic) bond motifs is 2. The number of alkyl halides is 1. The van der Waals surface area contributed by atoms with Crippen molar-refractivity contribution < 1.29 is 9.85 Å². The van der Waals surface area contributed by atoms with Crippen LogP contribution in [0.3, 0.4) is 0 Å². The van der Waals surface area contributed by atoms with Crippen LogP contribution in [0.4, 0.5) is 0 Å². The molecule has 17 heavy (non-hydrogen) atoms. The largest absolute Gasteiger partial charge is 0.292 e. The number of nitrogens with zero attached hydrogens (tertiary/aromatic N) is 3. The molecule has 0 radical (unpaired) electrons. The molecular weight excluding hydrogens is 250 g/mol. The standard InChI is InChI=1S/C9H12ClN3O4/c1-11-5-8(12(14)15)3-2-7(10)9(4-8,6-11)13(16)17/h2-3,7H,4-6H2,1H3/t7?,8-,9+/m1/s1. The third kappa shape index (κ3) is 1.61. The Morgan fingerprint density at radius 1 is 1.35 bits per heavy atom. The van der Waals surface area contributed by atoms with Crippen molar-refractivity contribution in [1.29, 1.82) is 0 Å². The molecule has 2 bridgehead atoms. The second-order valence-electron chi connectivity index (χ2n) is 4.83. The Morgan fingerprint density at radius 2 is 2.00 bits per heavy atom. The molecule has 2 aliphatic rings. The van der Waals surface area contributed by atoms with Gasteiger partial charge in [-0.15, -0.1) is 11.6 Å². The zero-order valence-corrected chi connectivity index (χ0v) is 9.96. The second kappa shape index (κ2) is 3.64. The van der Waals surface area contributed by atoms with Crippen LogP contribution in [-0.4, -0.2) is 51.3 Å². The van der Waals surface area contributed by atoms with E-state index in [1.54, 1.807) is 11.9 Å². The normalized spacial score (nSPS) is 41.2. The summed E-state index contributed by atoms with van der Waals surface area (Å²) < 4.78 is 0. The number of hydrogen-bond acceptors (Lipinski definition) is 5. The summed E-state index contributed by atoms with van der Waals surface area (Å²) in [5, 5.41) is 21.6. The Balaban J connectivity index is 2.52. The van der Waals surface area contributed by atoms with Crippen LogP contribution in [0.1, 0.15) is 6.42 Å². The first kappa shape index (κ1) is 12.3. The van der Waals surface area contributed by atoms with Gasteiger partial charge in [-0.3, -0.25) is 25.1 Å². The highest BCUT2D eigenvalue weighted by Gasteiger charge is 2.65. The van der Waals surface area contributed by atoms with Crippen molar-refractivity contribution in [3.8, 4) is 0 Å². The number of hydrogen-bond donors (Lipinski definition) is 0. The summed E-state index contributed by atoms with van der Waals surface area (Å²) in [5.41, 5.74) is -2.85. The average Bonchev–Trinajstić information content (AvgIpc) is 2.23. The molecule has 3 atom stereocenters. The Bertz CT molecular complexity index is 415. The van der Waals surface area contributed by atoms with Crippen molar-refractivity contribution in [2.45, 2.75) is 22.9 Å².